The van der Waals surface area contributed by atoms with Gasteiger partial charge in [0.2, 0.25) is 0 Å². The highest BCUT2D eigenvalue weighted by Crippen LogP contribution is 2.35. The predicted molar refractivity (Wildman–Crippen MR) is 96.1 cm³/mol. The highest BCUT2D eigenvalue weighted by atomic mass is 16.6. The van der Waals surface area contributed by atoms with E-state index >= 15 is 0 Å². The molecule has 0 amide bonds. The van der Waals surface area contributed by atoms with Crippen molar-refractivity contribution in [1.82, 2.24) is 4.98 Å². The second-order valence-corrected chi connectivity index (χ2v) is 6.41. The molecule has 1 aliphatic carbocycles. The number of aromatic nitrogens is 1. The van der Waals surface area contributed by atoms with Crippen molar-refractivity contribution in [2.24, 2.45) is 0 Å². The number of H-pyrrole nitrogens is 1. The van der Waals surface area contributed by atoms with E-state index in [9.17, 15) is 9.59 Å². The molecule has 1 aromatic heterocycles. The molecule has 2 aromatic rings. The molecule has 138 valence electrons. The number of fused-ring (bicyclic) bond motifs is 1. The lowest BCUT2D eigenvalue weighted by atomic mass is 9.81. The van der Waals surface area contributed by atoms with E-state index in [1.54, 1.807) is 21.1 Å². The number of ether oxygens (including phenoxy) is 3. The molecule has 0 radical (unpaired) electrons. The molecule has 0 saturated heterocycles. The Hall–Kier alpha value is -2.60. The van der Waals surface area contributed by atoms with Gasteiger partial charge in [-0.2, -0.15) is 0 Å². The summed E-state index contributed by atoms with van der Waals surface area (Å²) in [5.41, 5.74) is 3.54. The summed E-state index contributed by atoms with van der Waals surface area (Å²) < 4.78 is 15.3. The first-order chi connectivity index (χ1) is 12.5. The smallest absolute Gasteiger partial charge is 0.355 e. The van der Waals surface area contributed by atoms with Gasteiger partial charge in [0, 0.05) is 24.8 Å². The third-order valence-corrected chi connectivity index (χ3v) is 4.80. The number of carbonyl (C=O) groups is 2. The number of nitrogens with one attached hydrogen (secondary N) is 1. The fraction of sp³-hybridized carbons (Fsp3) is 0.400. The van der Waals surface area contributed by atoms with Crippen molar-refractivity contribution in [2.75, 3.05) is 27.4 Å². The summed E-state index contributed by atoms with van der Waals surface area (Å²) in [6.07, 6.45) is 1.11. The predicted octanol–water partition coefficient (Wildman–Crippen LogP) is 3.05. The Morgan fingerprint density at radius 3 is 2.54 bits per heavy atom. The maximum Gasteiger partial charge on any atom is 0.355 e. The van der Waals surface area contributed by atoms with Crippen molar-refractivity contribution in [2.45, 2.75) is 25.7 Å². The fourth-order valence-corrected chi connectivity index (χ4v) is 3.44. The molecule has 1 atom stereocenters. The number of rotatable bonds is 6. The summed E-state index contributed by atoms with van der Waals surface area (Å²) in [6.45, 7) is 2.30. The minimum atomic E-state index is -0.456. The Morgan fingerprint density at radius 1 is 1.15 bits per heavy atom. The first-order valence-electron chi connectivity index (χ1n) is 8.59. The molecular weight excluding hydrogens is 334 g/mol. The third kappa shape index (κ3) is 3.51. The fourth-order valence-electron chi connectivity index (χ4n) is 3.44. The van der Waals surface area contributed by atoms with Crippen LogP contribution in [0.3, 0.4) is 0 Å². The monoisotopic (exact) mass is 357 g/mol. The quantitative estimate of drug-likeness (QED) is 0.635. The number of hydrogen-bond donors (Lipinski definition) is 1. The summed E-state index contributed by atoms with van der Waals surface area (Å²) in [6, 6.07) is 7.76. The van der Waals surface area contributed by atoms with E-state index in [0.717, 1.165) is 17.0 Å². The minimum Gasteiger partial charge on any atom is -0.497 e. The zero-order chi connectivity index (χ0) is 18.7. The van der Waals surface area contributed by atoms with Gasteiger partial charge < -0.3 is 19.2 Å². The lowest BCUT2D eigenvalue weighted by molar-refractivity contribution is 0.0381. The molecule has 1 heterocycles. The van der Waals surface area contributed by atoms with Crippen LogP contribution in [0.15, 0.2) is 24.3 Å². The van der Waals surface area contributed by atoms with Crippen LogP contribution in [0.25, 0.3) is 0 Å². The number of hydrogen-bond acceptors (Lipinski definition) is 5. The molecule has 6 nitrogen and oxygen atoms in total. The van der Waals surface area contributed by atoms with Crippen molar-refractivity contribution < 1.29 is 23.8 Å². The van der Waals surface area contributed by atoms with E-state index in [1.807, 2.05) is 24.3 Å². The number of methoxy groups -OCH3 is 2. The molecule has 1 aromatic carbocycles. The molecule has 3 rings (SSSR count). The Balaban J connectivity index is 1.82. The van der Waals surface area contributed by atoms with Crippen LogP contribution in [0.4, 0.5) is 0 Å². The highest BCUT2D eigenvalue weighted by molar-refractivity contribution is 6.03. The molecule has 0 spiro atoms. The first kappa shape index (κ1) is 18.2. The van der Waals surface area contributed by atoms with Gasteiger partial charge in [-0.15, -0.1) is 0 Å². The molecule has 0 saturated carbocycles. The summed E-state index contributed by atoms with van der Waals surface area (Å²) in [5.74, 6) is 0.462. The summed E-state index contributed by atoms with van der Waals surface area (Å²) in [7, 11) is 3.17. The molecule has 26 heavy (non-hydrogen) atoms. The van der Waals surface area contributed by atoms with Crippen LogP contribution >= 0.6 is 0 Å². The van der Waals surface area contributed by atoms with Gasteiger partial charge in [0.15, 0.2) is 5.78 Å². The maximum absolute atomic E-state index is 12.7. The van der Waals surface area contributed by atoms with E-state index in [-0.39, 0.29) is 18.3 Å². The Labute approximate surface area is 152 Å². The molecule has 1 aliphatic rings. The first-order valence-corrected chi connectivity index (χ1v) is 8.59. The van der Waals surface area contributed by atoms with E-state index in [1.165, 1.54) is 0 Å². The number of Topliss-reactive ketones (excluding diaryl/α,β-unsaturated/α-hetero) is 1. The van der Waals surface area contributed by atoms with Crippen molar-refractivity contribution in [3.63, 3.8) is 0 Å². The van der Waals surface area contributed by atoms with Crippen LogP contribution < -0.4 is 4.74 Å². The average molecular weight is 357 g/mol. The standard InChI is InChI=1S/C20H23NO5/c1-12-18-16(21-19(12)20(23)26-9-8-24-2)10-14(11-17(18)22)13-4-6-15(25-3)7-5-13/h4-7,14,21H,8-11H2,1-3H3/t14-/m1/s1. The molecule has 0 bridgehead atoms. The van der Waals surface area contributed by atoms with Crippen LogP contribution in [0.2, 0.25) is 0 Å². The Morgan fingerprint density at radius 2 is 1.88 bits per heavy atom. The molecule has 6 heteroatoms. The topological polar surface area (TPSA) is 77.6 Å². The minimum absolute atomic E-state index is 0.0526. The van der Waals surface area contributed by atoms with Crippen LogP contribution in [0.1, 0.15) is 50.0 Å². The Bertz CT molecular complexity index is 806. The van der Waals surface area contributed by atoms with E-state index in [2.05, 4.69) is 4.98 Å². The van der Waals surface area contributed by atoms with E-state index < -0.39 is 5.97 Å². The van der Waals surface area contributed by atoms with Gasteiger partial charge >= 0.3 is 5.97 Å². The van der Waals surface area contributed by atoms with Crippen LogP contribution in [-0.4, -0.2) is 44.2 Å². The highest BCUT2D eigenvalue weighted by Gasteiger charge is 2.32. The molecule has 0 unspecified atom stereocenters. The molecule has 1 N–H and O–H groups in total. The van der Waals surface area contributed by atoms with Gasteiger partial charge in [-0.1, -0.05) is 12.1 Å². The van der Waals surface area contributed by atoms with Crippen molar-refractivity contribution in [1.29, 1.82) is 0 Å². The number of ketones is 1. The number of esters is 1. The number of carbonyl (C=O) groups excluding carboxylic acids is 2. The SMILES string of the molecule is COCCOC(=O)c1[nH]c2c(c1C)C(=O)C[C@H](c1ccc(OC)cc1)C2. The zero-order valence-corrected chi connectivity index (χ0v) is 15.3. The second kappa shape index (κ2) is 7.74. The van der Waals surface area contributed by atoms with Gasteiger partial charge in [0.25, 0.3) is 0 Å². The van der Waals surface area contributed by atoms with Crippen LogP contribution in [0, 0.1) is 6.92 Å². The van der Waals surface area contributed by atoms with Gasteiger partial charge in [-0.3, -0.25) is 4.79 Å². The molecule has 0 fully saturated rings. The number of aromatic amines is 1. The van der Waals surface area contributed by atoms with E-state index in [4.69, 9.17) is 14.2 Å². The normalized spacial score (nSPS) is 16.3. The van der Waals surface area contributed by atoms with Crippen molar-refractivity contribution in [3.8, 4) is 5.75 Å². The largest absolute Gasteiger partial charge is 0.497 e. The van der Waals surface area contributed by atoms with Gasteiger partial charge in [-0.05, 0) is 42.5 Å². The average Bonchev–Trinajstić information content (AvgIpc) is 2.99. The van der Waals surface area contributed by atoms with Gasteiger partial charge in [-0.25, -0.2) is 4.79 Å². The lowest BCUT2D eigenvalue weighted by Crippen LogP contribution is -2.18. The van der Waals surface area contributed by atoms with Crippen LogP contribution in [0.5, 0.6) is 5.75 Å². The summed E-state index contributed by atoms with van der Waals surface area (Å²) in [4.78, 5) is 28.1. The van der Waals surface area contributed by atoms with Crippen LogP contribution in [-0.2, 0) is 15.9 Å². The second-order valence-electron chi connectivity index (χ2n) is 6.41. The van der Waals surface area contributed by atoms with Crippen molar-refractivity contribution >= 4 is 11.8 Å². The van der Waals surface area contributed by atoms with Crippen molar-refractivity contribution in [3.05, 3.63) is 52.3 Å². The number of benzene rings is 1. The summed E-state index contributed by atoms with van der Waals surface area (Å²) >= 11 is 0. The molecule has 0 aliphatic heterocycles. The molecular formula is C20H23NO5. The maximum atomic E-state index is 12.7. The van der Waals surface area contributed by atoms with Gasteiger partial charge in [0.1, 0.15) is 18.1 Å². The third-order valence-electron chi connectivity index (χ3n) is 4.80. The lowest BCUT2D eigenvalue weighted by Gasteiger charge is -2.22. The zero-order valence-electron chi connectivity index (χ0n) is 15.3. The summed E-state index contributed by atoms with van der Waals surface area (Å²) in [5, 5.41) is 0. The van der Waals surface area contributed by atoms with E-state index in [0.29, 0.717) is 36.3 Å². The Kier molecular flexibility index (Phi) is 5.42. The van der Waals surface area contributed by atoms with Gasteiger partial charge in [0.05, 0.1) is 13.7 Å².